The van der Waals surface area contributed by atoms with Crippen molar-refractivity contribution in [1.29, 1.82) is 0 Å². The summed E-state index contributed by atoms with van der Waals surface area (Å²) in [6, 6.07) is 10.3. The fourth-order valence-corrected chi connectivity index (χ4v) is 6.67. The SMILES string of the molecule is COCCn1cc(S(=O)(=O)N2CCN(CC(C)C)C(c3cc4cnn(-c5ccc(F)cc5)c4cc3C)C2)cn1. The number of aromatic nitrogens is 4. The predicted molar refractivity (Wildman–Crippen MR) is 148 cm³/mol. The molecule has 1 fully saturated rings. The van der Waals surface area contributed by atoms with E-state index in [1.165, 1.54) is 18.3 Å². The van der Waals surface area contributed by atoms with E-state index in [4.69, 9.17) is 4.74 Å². The van der Waals surface area contributed by atoms with Gasteiger partial charge in [0, 0.05) is 50.9 Å². The Hall–Kier alpha value is -3.12. The maximum atomic E-state index is 13.6. The first-order chi connectivity index (χ1) is 18.7. The highest BCUT2D eigenvalue weighted by molar-refractivity contribution is 7.89. The van der Waals surface area contributed by atoms with Crippen LogP contribution in [-0.2, 0) is 21.3 Å². The standard InChI is InChI=1S/C28H35FN6O3S/c1-20(2)17-32-9-10-34(39(36,37)25-16-30-33(18-25)11-12-38-4)19-28(32)26-14-22-15-31-35(27(22)13-21(26)3)24-7-5-23(29)6-8-24/h5-8,13-16,18,20,28H,9-12,17,19H2,1-4H3. The minimum absolute atomic E-state index is 0.113. The first-order valence-electron chi connectivity index (χ1n) is 13.2. The van der Waals surface area contributed by atoms with E-state index in [2.05, 4.69) is 48.0 Å². The molecule has 0 bridgehead atoms. The van der Waals surface area contributed by atoms with E-state index >= 15 is 0 Å². The number of rotatable bonds is 9. The van der Waals surface area contributed by atoms with Crippen LogP contribution < -0.4 is 0 Å². The van der Waals surface area contributed by atoms with Gasteiger partial charge in [-0.2, -0.15) is 14.5 Å². The van der Waals surface area contributed by atoms with Crippen LogP contribution in [0.5, 0.6) is 0 Å². The lowest BCUT2D eigenvalue weighted by molar-refractivity contribution is 0.105. The Morgan fingerprint density at radius 3 is 2.59 bits per heavy atom. The van der Waals surface area contributed by atoms with Crippen LogP contribution in [0.1, 0.15) is 31.0 Å². The molecule has 9 nitrogen and oxygen atoms in total. The predicted octanol–water partition coefficient (Wildman–Crippen LogP) is 4.02. The number of aryl methyl sites for hydroxylation is 1. The van der Waals surface area contributed by atoms with Gasteiger partial charge in [-0.05, 0) is 60.4 Å². The lowest BCUT2D eigenvalue weighted by Crippen LogP contribution is -2.51. The number of fused-ring (bicyclic) bond motifs is 1. The molecule has 1 aliphatic heterocycles. The summed E-state index contributed by atoms with van der Waals surface area (Å²) in [7, 11) is -2.11. The van der Waals surface area contributed by atoms with Crippen molar-refractivity contribution in [2.45, 2.75) is 38.3 Å². The van der Waals surface area contributed by atoms with Crippen molar-refractivity contribution in [3.63, 3.8) is 0 Å². The Labute approximate surface area is 228 Å². The Morgan fingerprint density at radius 1 is 1.10 bits per heavy atom. The zero-order valence-electron chi connectivity index (χ0n) is 22.8. The van der Waals surface area contributed by atoms with Gasteiger partial charge in [-0.1, -0.05) is 13.8 Å². The van der Waals surface area contributed by atoms with Gasteiger partial charge in [0.1, 0.15) is 10.7 Å². The average Bonchev–Trinajstić information content (AvgIpc) is 3.55. The number of methoxy groups -OCH3 is 1. The fraction of sp³-hybridized carbons (Fsp3) is 0.429. The zero-order valence-corrected chi connectivity index (χ0v) is 23.6. The third-order valence-electron chi connectivity index (χ3n) is 7.21. The normalized spacial score (nSPS) is 17.4. The van der Waals surface area contributed by atoms with Gasteiger partial charge in [0.15, 0.2) is 0 Å². The highest BCUT2D eigenvalue weighted by atomic mass is 32.2. The molecule has 2 aromatic carbocycles. The summed E-state index contributed by atoms with van der Waals surface area (Å²) in [5.41, 5.74) is 3.83. The van der Waals surface area contributed by atoms with Crippen molar-refractivity contribution in [3.05, 3.63) is 71.9 Å². The van der Waals surface area contributed by atoms with Crippen LogP contribution in [0.4, 0.5) is 4.39 Å². The summed E-state index contributed by atoms with van der Waals surface area (Å²) >= 11 is 0. The van der Waals surface area contributed by atoms with Crippen molar-refractivity contribution in [2.75, 3.05) is 39.9 Å². The lowest BCUT2D eigenvalue weighted by atomic mass is 9.96. The molecule has 0 amide bonds. The molecule has 1 unspecified atom stereocenters. The van der Waals surface area contributed by atoms with Gasteiger partial charge < -0.3 is 4.74 Å². The van der Waals surface area contributed by atoms with Gasteiger partial charge in [0.25, 0.3) is 0 Å². The van der Waals surface area contributed by atoms with Crippen LogP contribution >= 0.6 is 0 Å². The first kappa shape index (κ1) is 27.4. The molecule has 0 N–H and O–H groups in total. The van der Waals surface area contributed by atoms with Gasteiger partial charge in [0.05, 0.1) is 36.7 Å². The van der Waals surface area contributed by atoms with E-state index in [0.717, 1.165) is 34.3 Å². The van der Waals surface area contributed by atoms with E-state index in [9.17, 15) is 12.8 Å². The van der Waals surface area contributed by atoms with Crippen LogP contribution in [0.2, 0.25) is 0 Å². The number of piperazine rings is 1. The lowest BCUT2D eigenvalue weighted by Gasteiger charge is -2.42. The maximum Gasteiger partial charge on any atom is 0.246 e. The number of nitrogens with zero attached hydrogens (tertiary/aromatic N) is 6. The number of benzene rings is 2. The van der Waals surface area contributed by atoms with E-state index in [1.54, 1.807) is 45.3 Å². The smallest absolute Gasteiger partial charge is 0.246 e. The molecule has 5 rings (SSSR count). The second kappa shape index (κ2) is 11.2. The van der Waals surface area contributed by atoms with Crippen molar-refractivity contribution in [2.24, 2.45) is 5.92 Å². The Balaban J connectivity index is 1.48. The molecule has 3 heterocycles. The summed E-state index contributed by atoms with van der Waals surface area (Å²) in [6.07, 6.45) is 4.80. The number of halogens is 1. The van der Waals surface area contributed by atoms with Crippen molar-refractivity contribution in [1.82, 2.24) is 28.8 Å². The minimum Gasteiger partial charge on any atom is -0.383 e. The number of hydrogen-bond donors (Lipinski definition) is 0. The van der Waals surface area contributed by atoms with Crippen molar-refractivity contribution in [3.8, 4) is 5.69 Å². The minimum atomic E-state index is -3.71. The first-order valence-corrected chi connectivity index (χ1v) is 14.6. The van der Waals surface area contributed by atoms with Crippen molar-refractivity contribution < 1.29 is 17.5 Å². The van der Waals surface area contributed by atoms with Gasteiger partial charge in [-0.3, -0.25) is 9.58 Å². The summed E-state index contributed by atoms with van der Waals surface area (Å²) in [4.78, 5) is 2.58. The van der Waals surface area contributed by atoms with E-state index < -0.39 is 10.0 Å². The quantitative estimate of drug-likeness (QED) is 0.311. The van der Waals surface area contributed by atoms with Crippen LogP contribution in [0.15, 0.2) is 59.9 Å². The second-order valence-corrected chi connectivity index (χ2v) is 12.4. The highest BCUT2D eigenvalue weighted by Gasteiger charge is 2.36. The molecule has 208 valence electrons. The molecule has 2 aromatic heterocycles. The molecule has 0 radical (unpaired) electrons. The summed E-state index contributed by atoms with van der Waals surface area (Å²) < 4.78 is 50.8. The number of hydrogen-bond acceptors (Lipinski definition) is 6. The fourth-order valence-electron chi connectivity index (χ4n) is 5.27. The van der Waals surface area contributed by atoms with E-state index in [0.29, 0.717) is 38.7 Å². The number of ether oxygens (including phenoxy) is 1. The molecule has 1 aliphatic rings. The monoisotopic (exact) mass is 554 g/mol. The third-order valence-corrected chi connectivity index (χ3v) is 9.03. The molecule has 39 heavy (non-hydrogen) atoms. The van der Waals surface area contributed by atoms with Gasteiger partial charge in [0.2, 0.25) is 10.0 Å². The largest absolute Gasteiger partial charge is 0.383 e. The van der Waals surface area contributed by atoms with E-state index in [1.807, 2.05) is 0 Å². The Bertz CT molecular complexity index is 1550. The van der Waals surface area contributed by atoms with Gasteiger partial charge in [-0.15, -0.1) is 0 Å². The van der Waals surface area contributed by atoms with Crippen LogP contribution in [0.3, 0.4) is 0 Å². The highest BCUT2D eigenvalue weighted by Crippen LogP contribution is 2.34. The average molecular weight is 555 g/mol. The molecule has 0 spiro atoms. The summed E-state index contributed by atoms with van der Waals surface area (Å²) in [5, 5.41) is 9.73. The van der Waals surface area contributed by atoms with Crippen LogP contribution in [0, 0.1) is 18.7 Å². The molecular weight excluding hydrogens is 519 g/mol. The third kappa shape index (κ3) is 5.62. The molecule has 0 aliphatic carbocycles. The van der Waals surface area contributed by atoms with Gasteiger partial charge >= 0.3 is 0 Å². The van der Waals surface area contributed by atoms with Crippen LogP contribution in [-0.4, -0.2) is 77.1 Å². The number of sulfonamides is 1. The summed E-state index contributed by atoms with van der Waals surface area (Å²) in [6.45, 7) is 9.60. The van der Waals surface area contributed by atoms with Crippen molar-refractivity contribution >= 4 is 20.9 Å². The topological polar surface area (TPSA) is 85.5 Å². The molecular formula is C28H35FN6O3S. The van der Waals surface area contributed by atoms with Crippen LogP contribution in [0.25, 0.3) is 16.6 Å². The molecule has 4 aromatic rings. The molecule has 11 heteroatoms. The zero-order chi connectivity index (χ0) is 27.7. The van der Waals surface area contributed by atoms with E-state index in [-0.39, 0.29) is 16.8 Å². The molecule has 1 saturated heterocycles. The second-order valence-electron chi connectivity index (χ2n) is 10.5. The summed E-state index contributed by atoms with van der Waals surface area (Å²) in [5.74, 6) is 0.137. The molecule has 0 saturated carbocycles. The Kier molecular flexibility index (Phi) is 7.86. The van der Waals surface area contributed by atoms with Gasteiger partial charge in [-0.25, -0.2) is 17.5 Å². The molecule has 1 atom stereocenters. The maximum absolute atomic E-state index is 13.6. The Morgan fingerprint density at radius 2 is 1.87 bits per heavy atom.